The lowest BCUT2D eigenvalue weighted by atomic mass is 9.97. The molecule has 0 radical (unpaired) electrons. The van der Waals surface area contributed by atoms with Crippen LogP contribution in [0.1, 0.15) is 55.5 Å². The Labute approximate surface area is 145 Å². The van der Waals surface area contributed by atoms with E-state index in [0.717, 1.165) is 18.4 Å². The van der Waals surface area contributed by atoms with Gasteiger partial charge in [-0.3, -0.25) is 4.79 Å². The fourth-order valence-corrected chi connectivity index (χ4v) is 2.83. The summed E-state index contributed by atoms with van der Waals surface area (Å²) in [6.45, 7) is 9.44. The van der Waals surface area contributed by atoms with Crippen molar-refractivity contribution in [1.82, 2.24) is 15.1 Å². The maximum atomic E-state index is 12.6. The highest BCUT2D eigenvalue weighted by Gasteiger charge is 2.24. The first-order valence-corrected chi connectivity index (χ1v) is 8.98. The average Bonchev–Trinajstić information content (AvgIpc) is 2.65. The highest BCUT2D eigenvalue weighted by molar-refractivity contribution is 5.94. The number of carbonyl (C=O) groups is 2. The molecule has 1 fully saturated rings. The monoisotopic (exact) mass is 331 g/mol. The Morgan fingerprint density at radius 3 is 2.17 bits per heavy atom. The third kappa shape index (κ3) is 4.49. The van der Waals surface area contributed by atoms with Crippen LogP contribution >= 0.6 is 0 Å². The maximum Gasteiger partial charge on any atom is 0.317 e. The smallest absolute Gasteiger partial charge is 0.317 e. The minimum absolute atomic E-state index is 0.0261. The molecule has 1 N–H and O–H groups in total. The maximum absolute atomic E-state index is 12.6. The van der Waals surface area contributed by atoms with Crippen molar-refractivity contribution in [3.05, 3.63) is 35.4 Å². The molecule has 0 saturated carbocycles. The molecule has 1 heterocycles. The topological polar surface area (TPSA) is 52.7 Å². The van der Waals surface area contributed by atoms with Crippen LogP contribution in [0.3, 0.4) is 0 Å². The number of benzene rings is 1. The summed E-state index contributed by atoms with van der Waals surface area (Å²) >= 11 is 0. The van der Waals surface area contributed by atoms with Gasteiger partial charge in [0.15, 0.2) is 0 Å². The molecule has 5 heteroatoms. The van der Waals surface area contributed by atoms with E-state index in [1.807, 2.05) is 24.0 Å². The largest absolute Gasteiger partial charge is 0.338 e. The predicted molar refractivity (Wildman–Crippen MR) is 96.3 cm³/mol. The molecule has 1 aromatic rings. The Kier molecular flexibility index (Phi) is 6.64. The van der Waals surface area contributed by atoms with Crippen molar-refractivity contribution in [3.8, 4) is 0 Å². The van der Waals surface area contributed by atoms with Crippen molar-refractivity contribution in [2.24, 2.45) is 0 Å². The van der Waals surface area contributed by atoms with Gasteiger partial charge in [-0.05, 0) is 36.5 Å². The second kappa shape index (κ2) is 8.71. The molecule has 1 atom stereocenters. The van der Waals surface area contributed by atoms with Gasteiger partial charge >= 0.3 is 6.03 Å². The molecular formula is C19H29N3O2. The van der Waals surface area contributed by atoms with Gasteiger partial charge in [-0.25, -0.2) is 4.79 Å². The van der Waals surface area contributed by atoms with Crippen LogP contribution in [0.15, 0.2) is 24.3 Å². The molecule has 24 heavy (non-hydrogen) atoms. The van der Waals surface area contributed by atoms with Crippen molar-refractivity contribution in [1.29, 1.82) is 0 Å². The molecule has 0 spiro atoms. The van der Waals surface area contributed by atoms with Gasteiger partial charge in [0, 0.05) is 38.3 Å². The molecule has 0 bridgehead atoms. The van der Waals surface area contributed by atoms with Crippen molar-refractivity contribution in [2.75, 3.05) is 32.7 Å². The van der Waals surface area contributed by atoms with E-state index in [9.17, 15) is 9.59 Å². The van der Waals surface area contributed by atoms with Gasteiger partial charge in [0.25, 0.3) is 5.91 Å². The fraction of sp³-hybridized carbons (Fsp3) is 0.579. The number of hydrogen-bond acceptors (Lipinski definition) is 2. The molecular weight excluding hydrogens is 302 g/mol. The van der Waals surface area contributed by atoms with Crippen LogP contribution in [0.2, 0.25) is 0 Å². The minimum atomic E-state index is -0.0261. The normalized spacial score (nSPS) is 16.0. The molecule has 1 aliphatic heterocycles. The first kappa shape index (κ1) is 18.3. The summed E-state index contributed by atoms with van der Waals surface area (Å²) in [5.74, 6) is 0.568. The number of nitrogens with zero attached hydrogens (tertiary/aromatic N) is 2. The third-order valence-corrected chi connectivity index (χ3v) is 4.72. The second-order valence-electron chi connectivity index (χ2n) is 6.44. The number of piperazine rings is 1. The van der Waals surface area contributed by atoms with Crippen LogP contribution in [0.4, 0.5) is 4.79 Å². The first-order chi connectivity index (χ1) is 11.6. The zero-order valence-electron chi connectivity index (χ0n) is 15.0. The molecule has 0 aromatic heterocycles. The van der Waals surface area contributed by atoms with Gasteiger partial charge in [-0.2, -0.15) is 0 Å². The number of nitrogens with one attached hydrogen (secondary N) is 1. The lowest BCUT2D eigenvalue weighted by Gasteiger charge is -2.34. The Morgan fingerprint density at radius 1 is 1.04 bits per heavy atom. The van der Waals surface area contributed by atoms with Crippen LogP contribution < -0.4 is 5.32 Å². The van der Waals surface area contributed by atoms with E-state index in [2.05, 4.69) is 31.3 Å². The van der Waals surface area contributed by atoms with Crippen molar-refractivity contribution < 1.29 is 9.59 Å². The van der Waals surface area contributed by atoms with E-state index in [1.165, 1.54) is 5.56 Å². The molecule has 0 aliphatic carbocycles. The van der Waals surface area contributed by atoms with Crippen LogP contribution in [-0.4, -0.2) is 54.5 Å². The number of hydrogen-bond donors (Lipinski definition) is 1. The standard InChI is InChI=1S/C19H29N3O2/c1-4-10-20-19(24)22-13-11-21(12-14-22)18(23)17-8-6-16(7-9-17)15(3)5-2/h6-9,15H,4-5,10-14H2,1-3H3,(H,20,24). The van der Waals surface area contributed by atoms with Gasteiger partial charge in [-0.15, -0.1) is 0 Å². The summed E-state index contributed by atoms with van der Waals surface area (Å²) in [6, 6.07) is 7.92. The summed E-state index contributed by atoms with van der Waals surface area (Å²) < 4.78 is 0. The van der Waals surface area contributed by atoms with Crippen molar-refractivity contribution >= 4 is 11.9 Å². The highest BCUT2D eigenvalue weighted by Crippen LogP contribution is 2.19. The van der Waals surface area contributed by atoms with Crippen LogP contribution in [0, 0.1) is 0 Å². The first-order valence-electron chi connectivity index (χ1n) is 8.98. The Balaban J connectivity index is 1.89. The molecule has 1 saturated heterocycles. The fourth-order valence-electron chi connectivity index (χ4n) is 2.83. The summed E-state index contributed by atoms with van der Waals surface area (Å²) in [5.41, 5.74) is 2.00. The minimum Gasteiger partial charge on any atom is -0.338 e. The molecule has 1 unspecified atom stereocenters. The molecule has 2 rings (SSSR count). The number of amides is 3. The Bertz CT molecular complexity index is 548. The SMILES string of the molecule is CCCNC(=O)N1CCN(C(=O)c2ccc(C(C)CC)cc2)CC1. The summed E-state index contributed by atoms with van der Waals surface area (Å²) in [5, 5.41) is 2.88. The number of urea groups is 1. The quantitative estimate of drug-likeness (QED) is 0.901. The van der Waals surface area contributed by atoms with Gasteiger partial charge in [0.1, 0.15) is 0 Å². The van der Waals surface area contributed by atoms with Gasteiger partial charge in [0.05, 0.1) is 0 Å². The Morgan fingerprint density at radius 2 is 1.62 bits per heavy atom. The van der Waals surface area contributed by atoms with Crippen LogP contribution in [-0.2, 0) is 0 Å². The number of rotatable bonds is 5. The zero-order chi connectivity index (χ0) is 17.5. The molecule has 1 aliphatic rings. The lowest BCUT2D eigenvalue weighted by Crippen LogP contribution is -2.53. The third-order valence-electron chi connectivity index (χ3n) is 4.72. The zero-order valence-corrected chi connectivity index (χ0v) is 15.0. The van der Waals surface area contributed by atoms with E-state index < -0.39 is 0 Å². The summed E-state index contributed by atoms with van der Waals surface area (Å²) in [4.78, 5) is 28.2. The second-order valence-corrected chi connectivity index (χ2v) is 6.44. The summed E-state index contributed by atoms with van der Waals surface area (Å²) in [7, 11) is 0. The van der Waals surface area contributed by atoms with Crippen molar-refractivity contribution in [2.45, 2.75) is 39.5 Å². The number of carbonyl (C=O) groups excluding carboxylic acids is 2. The van der Waals surface area contributed by atoms with Crippen LogP contribution in [0.5, 0.6) is 0 Å². The van der Waals surface area contributed by atoms with E-state index in [0.29, 0.717) is 38.6 Å². The van der Waals surface area contributed by atoms with Crippen molar-refractivity contribution in [3.63, 3.8) is 0 Å². The Hall–Kier alpha value is -2.04. The molecule has 5 nitrogen and oxygen atoms in total. The average molecular weight is 331 g/mol. The van der Waals surface area contributed by atoms with Gasteiger partial charge < -0.3 is 15.1 Å². The lowest BCUT2D eigenvalue weighted by molar-refractivity contribution is 0.0665. The van der Waals surface area contributed by atoms with Gasteiger partial charge in [-0.1, -0.05) is 32.9 Å². The molecule has 132 valence electrons. The van der Waals surface area contributed by atoms with E-state index >= 15 is 0 Å². The molecule has 3 amide bonds. The van der Waals surface area contributed by atoms with E-state index in [4.69, 9.17) is 0 Å². The van der Waals surface area contributed by atoms with E-state index in [-0.39, 0.29) is 11.9 Å². The highest BCUT2D eigenvalue weighted by atomic mass is 16.2. The van der Waals surface area contributed by atoms with E-state index in [1.54, 1.807) is 4.90 Å². The predicted octanol–water partition coefficient (Wildman–Crippen LogP) is 3.08. The molecule has 1 aromatic carbocycles. The summed E-state index contributed by atoms with van der Waals surface area (Å²) in [6.07, 6.45) is 2.02. The van der Waals surface area contributed by atoms with Crippen LogP contribution in [0.25, 0.3) is 0 Å². The van der Waals surface area contributed by atoms with Gasteiger partial charge in [0.2, 0.25) is 0 Å².